The van der Waals surface area contributed by atoms with Gasteiger partial charge in [-0.25, -0.2) is 4.79 Å². The Morgan fingerprint density at radius 3 is 2.07 bits per heavy atom. The first-order valence-electron chi connectivity index (χ1n) is 8.70. The lowest BCUT2D eigenvalue weighted by atomic mass is 10.1. The first-order valence-corrected chi connectivity index (χ1v) is 10.3. The van der Waals surface area contributed by atoms with E-state index in [1.807, 2.05) is 60.7 Å². The monoisotopic (exact) mass is 391 g/mol. The van der Waals surface area contributed by atoms with Gasteiger partial charge in [-0.2, -0.15) is 0 Å². The molecule has 2 aromatic carbocycles. The maximum absolute atomic E-state index is 12.8. The van der Waals surface area contributed by atoms with Crippen LogP contribution in [0.3, 0.4) is 0 Å². The van der Waals surface area contributed by atoms with Crippen LogP contribution in [0.5, 0.6) is 0 Å². The predicted molar refractivity (Wildman–Crippen MR) is 104 cm³/mol. The fourth-order valence-corrected chi connectivity index (χ4v) is 4.06. The van der Waals surface area contributed by atoms with Crippen LogP contribution in [-0.2, 0) is 26.9 Å². The molecule has 0 radical (unpaired) electrons. The topological polar surface area (TPSA) is 84.9 Å². The standard InChI is InChI=1S/C20H26NO5P/c1-20(2,3)26-27(23,24)18(14-16-10-6-4-7-11-16)21-19(22)25-15-17-12-8-5-9-13-17/h4-13,18H,14-15H2,1-3H3,(H,21,22)(H,23,24). The Hall–Kier alpha value is -2.14. The van der Waals surface area contributed by atoms with E-state index in [2.05, 4.69) is 5.32 Å². The number of benzene rings is 2. The number of carbonyl (C=O) groups is 1. The smallest absolute Gasteiger partial charge is 0.408 e. The number of nitrogens with one attached hydrogen (secondary N) is 1. The van der Waals surface area contributed by atoms with Crippen LogP contribution in [-0.4, -0.2) is 22.4 Å². The minimum atomic E-state index is -4.15. The van der Waals surface area contributed by atoms with Gasteiger partial charge in [-0.1, -0.05) is 60.7 Å². The molecule has 0 aliphatic carbocycles. The Balaban J connectivity index is 2.08. The number of carbonyl (C=O) groups excluding carboxylic acids is 1. The molecule has 2 unspecified atom stereocenters. The molecule has 2 N–H and O–H groups in total. The molecule has 7 heteroatoms. The van der Waals surface area contributed by atoms with Gasteiger partial charge in [0, 0.05) is 6.42 Å². The van der Waals surface area contributed by atoms with E-state index < -0.39 is 25.1 Å². The first-order chi connectivity index (χ1) is 12.7. The van der Waals surface area contributed by atoms with Gasteiger partial charge >= 0.3 is 13.7 Å². The third kappa shape index (κ3) is 7.55. The molecule has 2 aromatic rings. The summed E-state index contributed by atoms with van der Waals surface area (Å²) in [4.78, 5) is 22.7. The Kier molecular flexibility index (Phi) is 7.19. The molecular formula is C20H26NO5P. The van der Waals surface area contributed by atoms with E-state index in [-0.39, 0.29) is 13.0 Å². The highest BCUT2D eigenvalue weighted by molar-refractivity contribution is 7.53. The molecule has 1 amide bonds. The quantitative estimate of drug-likeness (QED) is 0.680. The number of alkyl carbamates (subject to hydrolysis) is 1. The summed E-state index contributed by atoms with van der Waals surface area (Å²) < 4.78 is 23.4. The van der Waals surface area contributed by atoms with Gasteiger partial charge in [-0.05, 0) is 31.9 Å². The van der Waals surface area contributed by atoms with Crippen molar-refractivity contribution in [3.8, 4) is 0 Å². The number of rotatable bonds is 7. The number of hydrogen-bond donors (Lipinski definition) is 2. The van der Waals surface area contributed by atoms with Crippen molar-refractivity contribution in [1.82, 2.24) is 5.32 Å². The average molecular weight is 391 g/mol. The zero-order valence-corrected chi connectivity index (χ0v) is 16.7. The first kappa shape index (κ1) is 21.2. The normalized spacial score (nSPS) is 14.8. The van der Waals surface area contributed by atoms with Crippen molar-refractivity contribution in [3.63, 3.8) is 0 Å². The van der Waals surface area contributed by atoms with Crippen molar-refractivity contribution >= 4 is 13.7 Å². The molecule has 0 bridgehead atoms. The summed E-state index contributed by atoms with van der Waals surface area (Å²) >= 11 is 0. The van der Waals surface area contributed by atoms with Crippen molar-refractivity contribution in [2.45, 2.75) is 45.2 Å². The second-order valence-corrected chi connectivity index (χ2v) is 9.11. The summed E-state index contributed by atoms with van der Waals surface area (Å²) in [7, 11) is -4.15. The van der Waals surface area contributed by atoms with Gasteiger partial charge in [0.1, 0.15) is 12.4 Å². The Morgan fingerprint density at radius 2 is 1.56 bits per heavy atom. The molecule has 0 saturated heterocycles. The minimum Gasteiger partial charge on any atom is -0.445 e. The lowest BCUT2D eigenvalue weighted by Gasteiger charge is -2.29. The van der Waals surface area contributed by atoms with Crippen LogP contribution >= 0.6 is 7.60 Å². The zero-order chi connectivity index (χ0) is 19.9. The summed E-state index contributed by atoms with van der Waals surface area (Å²) in [6.45, 7) is 5.12. The largest absolute Gasteiger partial charge is 0.445 e. The lowest BCUT2D eigenvalue weighted by Crippen LogP contribution is -2.38. The highest BCUT2D eigenvalue weighted by Gasteiger charge is 2.38. The van der Waals surface area contributed by atoms with E-state index in [9.17, 15) is 14.3 Å². The predicted octanol–water partition coefficient (Wildman–Crippen LogP) is 4.48. The van der Waals surface area contributed by atoms with E-state index in [4.69, 9.17) is 9.26 Å². The van der Waals surface area contributed by atoms with Crippen LogP contribution in [0, 0.1) is 0 Å². The van der Waals surface area contributed by atoms with Crippen molar-refractivity contribution in [2.75, 3.05) is 0 Å². The highest BCUT2D eigenvalue weighted by atomic mass is 31.2. The van der Waals surface area contributed by atoms with Crippen molar-refractivity contribution in [2.24, 2.45) is 0 Å². The van der Waals surface area contributed by atoms with Crippen LogP contribution in [0.4, 0.5) is 4.79 Å². The fraction of sp³-hybridized carbons (Fsp3) is 0.350. The minimum absolute atomic E-state index is 0.0700. The average Bonchev–Trinajstić information content (AvgIpc) is 2.59. The molecule has 0 fully saturated rings. The Morgan fingerprint density at radius 1 is 1.04 bits per heavy atom. The fourth-order valence-electron chi connectivity index (χ4n) is 2.44. The summed E-state index contributed by atoms with van der Waals surface area (Å²) in [5.74, 6) is -1.12. The molecule has 0 aliphatic rings. The summed E-state index contributed by atoms with van der Waals surface area (Å²) in [6.07, 6.45) is -0.628. The summed E-state index contributed by atoms with van der Waals surface area (Å²) in [5.41, 5.74) is 0.789. The van der Waals surface area contributed by atoms with Gasteiger partial charge in [0.2, 0.25) is 0 Å². The molecule has 0 saturated carbocycles. The van der Waals surface area contributed by atoms with Gasteiger partial charge < -0.3 is 19.5 Å². The molecule has 0 heterocycles. The summed E-state index contributed by atoms with van der Waals surface area (Å²) in [6, 6.07) is 18.3. The van der Waals surface area contributed by atoms with E-state index >= 15 is 0 Å². The lowest BCUT2D eigenvalue weighted by molar-refractivity contribution is 0.101. The summed E-state index contributed by atoms with van der Waals surface area (Å²) in [5, 5.41) is 2.50. The second kappa shape index (κ2) is 9.18. The zero-order valence-electron chi connectivity index (χ0n) is 15.8. The van der Waals surface area contributed by atoms with Crippen LogP contribution in [0.1, 0.15) is 31.9 Å². The van der Waals surface area contributed by atoms with Gasteiger partial charge in [0.05, 0.1) is 5.60 Å². The van der Waals surface area contributed by atoms with Crippen LogP contribution < -0.4 is 5.32 Å². The van der Waals surface area contributed by atoms with Crippen LogP contribution in [0.2, 0.25) is 0 Å². The van der Waals surface area contributed by atoms with E-state index in [0.717, 1.165) is 11.1 Å². The molecule has 2 rings (SSSR count). The van der Waals surface area contributed by atoms with E-state index in [1.54, 1.807) is 20.8 Å². The number of hydrogen-bond acceptors (Lipinski definition) is 4. The molecule has 0 aromatic heterocycles. The second-order valence-electron chi connectivity index (χ2n) is 7.18. The maximum Gasteiger partial charge on any atom is 0.408 e. The Bertz CT molecular complexity index is 774. The third-order valence-corrected chi connectivity index (χ3v) is 5.48. The highest BCUT2D eigenvalue weighted by Crippen LogP contribution is 2.50. The molecule has 0 aliphatic heterocycles. The molecular weight excluding hydrogens is 365 g/mol. The van der Waals surface area contributed by atoms with E-state index in [0.29, 0.717) is 0 Å². The Labute approximate surface area is 160 Å². The van der Waals surface area contributed by atoms with Crippen molar-refractivity contribution in [3.05, 3.63) is 71.8 Å². The van der Waals surface area contributed by atoms with Crippen LogP contribution in [0.15, 0.2) is 60.7 Å². The SMILES string of the molecule is CC(C)(C)OP(=O)(O)C(Cc1ccccc1)NC(=O)OCc1ccccc1. The number of ether oxygens (including phenoxy) is 1. The van der Waals surface area contributed by atoms with Gasteiger partial charge in [-0.15, -0.1) is 0 Å². The molecule has 146 valence electrons. The number of amides is 1. The van der Waals surface area contributed by atoms with Gasteiger partial charge in [0.15, 0.2) is 0 Å². The molecule has 2 atom stereocenters. The van der Waals surface area contributed by atoms with Crippen LogP contribution in [0.25, 0.3) is 0 Å². The van der Waals surface area contributed by atoms with Crippen molar-refractivity contribution in [1.29, 1.82) is 0 Å². The molecule has 6 nitrogen and oxygen atoms in total. The molecule has 0 spiro atoms. The maximum atomic E-state index is 12.8. The van der Waals surface area contributed by atoms with Gasteiger partial charge in [0.25, 0.3) is 0 Å². The van der Waals surface area contributed by atoms with Gasteiger partial charge in [-0.3, -0.25) is 4.57 Å². The van der Waals surface area contributed by atoms with E-state index in [1.165, 1.54) is 0 Å². The molecule has 27 heavy (non-hydrogen) atoms. The van der Waals surface area contributed by atoms with Crippen molar-refractivity contribution < 1.29 is 23.5 Å². The third-order valence-electron chi connectivity index (χ3n) is 3.57.